The number of anilines is 1. The largest absolute Gasteiger partial charge is 0.390 e. The van der Waals surface area contributed by atoms with Gasteiger partial charge in [0.1, 0.15) is 0 Å². The molecule has 0 saturated carbocycles. The number of para-hydroxylation sites is 1. The van der Waals surface area contributed by atoms with Crippen molar-refractivity contribution in [3.8, 4) is 0 Å². The Morgan fingerprint density at radius 3 is 3.12 bits per heavy atom. The number of aryl methyl sites for hydroxylation is 1. The molecule has 0 aromatic heterocycles. The summed E-state index contributed by atoms with van der Waals surface area (Å²) in [4.78, 5) is 0. The number of hydrogen-bond acceptors (Lipinski definition) is 3. The van der Waals surface area contributed by atoms with Crippen LogP contribution in [-0.2, 0) is 6.42 Å². The lowest BCUT2D eigenvalue weighted by Gasteiger charge is -2.30. The molecule has 2 rings (SSSR count). The van der Waals surface area contributed by atoms with Gasteiger partial charge < -0.3 is 15.7 Å². The van der Waals surface area contributed by atoms with Crippen LogP contribution in [0.2, 0.25) is 0 Å². The van der Waals surface area contributed by atoms with Gasteiger partial charge in [-0.25, -0.2) is 0 Å². The quantitative estimate of drug-likeness (QED) is 0.680. The first kappa shape index (κ1) is 12.4. The van der Waals surface area contributed by atoms with Crippen molar-refractivity contribution in [2.75, 3.05) is 18.4 Å². The van der Waals surface area contributed by atoms with Crippen molar-refractivity contribution in [1.82, 2.24) is 5.32 Å². The molecule has 0 aliphatic carbocycles. The standard InChI is InChI=1S/C14H22N2O/c1-2-9-15-10-14(17)13-8-7-11-5-3-4-6-12(11)16-13/h3-6,13-17H,2,7-10H2,1H3. The molecule has 0 bridgehead atoms. The molecule has 3 heteroatoms. The lowest BCUT2D eigenvalue weighted by atomic mass is 9.95. The summed E-state index contributed by atoms with van der Waals surface area (Å²) >= 11 is 0. The van der Waals surface area contributed by atoms with E-state index in [1.807, 2.05) is 6.07 Å². The third kappa shape index (κ3) is 3.20. The molecule has 2 atom stereocenters. The summed E-state index contributed by atoms with van der Waals surface area (Å²) in [5, 5.41) is 16.8. The molecule has 17 heavy (non-hydrogen) atoms. The van der Waals surface area contributed by atoms with E-state index < -0.39 is 0 Å². The van der Waals surface area contributed by atoms with E-state index in [0.29, 0.717) is 6.54 Å². The second kappa shape index (κ2) is 6.03. The predicted molar refractivity (Wildman–Crippen MR) is 71.3 cm³/mol. The minimum Gasteiger partial charge on any atom is -0.390 e. The van der Waals surface area contributed by atoms with E-state index >= 15 is 0 Å². The fourth-order valence-electron chi connectivity index (χ4n) is 2.32. The summed E-state index contributed by atoms with van der Waals surface area (Å²) in [5.74, 6) is 0. The fourth-order valence-corrected chi connectivity index (χ4v) is 2.32. The van der Waals surface area contributed by atoms with Gasteiger partial charge in [0.15, 0.2) is 0 Å². The normalized spacial score (nSPS) is 20.5. The topological polar surface area (TPSA) is 44.3 Å². The van der Waals surface area contributed by atoms with Crippen LogP contribution in [0.15, 0.2) is 24.3 Å². The minimum atomic E-state index is -0.310. The molecule has 2 unspecified atom stereocenters. The van der Waals surface area contributed by atoms with E-state index in [-0.39, 0.29) is 12.1 Å². The van der Waals surface area contributed by atoms with Gasteiger partial charge in [-0.3, -0.25) is 0 Å². The van der Waals surface area contributed by atoms with Crippen molar-refractivity contribution in [3.63, 3.8) is 0 Å². The van der Waals surface area contributed by atoms with Crippen LogP contribution in [-0.4, -0.2) is 30.3 Å². The SMILES string of the molecule is CCCNCC(O)C1CCc2ccccc2N1. The van der Waals surface area contributed by atoms with Crippen molar-refractivity contribution in [1.29, 1.82) is 0 Å². The van der Waals surface area contributed by atoms with E-state index in [2.05, 4.69) is 35.8 Å². The lowest BCUT2D eigenvalue weighted by molar-refractivity contribution is 0.144. The number of hydrogen-bond donors (Lipinski definition) is 3. The third-order valence-electron chi connectivity index (χ3n) is 3.33. The van der Waals surface area contributed by atoms with E-state index in [4.69, 9.17) is 0 Å². The second-order valence-electron chi connectivity index (χ2n) is 4.72. The van der Waals surface area contributed by atoms with Crippen LogP contribution in [0.3, 0.4) is 0 Å². The number of nitrogens with one attached hydrogen (secondary N) is 2. The molecule has 94 valence electrons. The zero-order valence-corrected chi connectivity index (χ0v) is 10.4. The van der Waals surface area contributed by atoms with Gasteiger partial charge in [-0.15, -0.1) is 0 Å². The van der Waals surface area contributed by atoms with E-state index in [9.17, 15) is 5.11 Å². The fraction of sp³-hybridized carbons (Fsp3) is 0.571. The molecule has 0 spiro atoms. The van der Waals surface area contributed by atoms with Crippen LogP contribution in [0.1, 0.15) is 25.3 Å². The van der Waals surface area contributed by atoms with Crippen LogP contribution in [0.4, 0.5) is 5.69 Å². The summed E-state index contributed by atoms with van der Waals surface area (Å²) in [7, 11) is 0. The van der Waals surface area contributed by atoms with Crippen molar-refractivity contribution in [2.24, 2.45) is 0 Å². The Hall–Kier alpha value is -1.06. The van der Waals surface area contributed by atoms with Gasteiger partial charge in [0.05, 0.1) is 12.1 Å². The van der Waals surface area contributed by atoms with Gasteiger partial charge in [-0.05, 0) is 37.4 Å². The molecule has 1 aromatic carbocycles. The van der Waals surface area contributed by atoms with E-state index in [0.717, 1.165) is 25.8 Å². The lowest BCUT2D eigenvalue weighted by Crippen LogP contribution is -2.43. The highest BCUT2D eigenvalue weighted by Crippen LogP contribution is 2.25. The third-order valence-corrected chi connectivity index (χ3v) is 3.33. The number of aliphatic hydroxyl groups excluding tert-OH is 1. The first-order valence-electron chi connectivity index (χ1n) is 6.54. The predicted octanol–water partition coefficient (Wildman–Crippen LogP) is 1.77. The molecular formula is C14H22N2O. The maximum Gasteiger partial charge on any atom is 0.0865 e. The average Bonchev–Trinajstić information content (AvgIpc) is 2.38. The average molecular weight is 234 g/mol. The Balaban J connectivity index is 1.88. The maximum absolute atomic E-state index is 10.1. The summed E-state index contributed by atoms with van der Waals surface area (Å²) in [6, 6.07) is 8.53. The molecule has 3 nitrogen and oxygen atoms in total. The van der Waals surface area contributed by atoms with Gasteiger partial charge in [0.2, 0.25) is 0 Å². The summed E-state index contributed by atoms with van der Waals surface area (Å²) in [5.41, 5.74) is 2.54. The number of aliphatic hydroxyl groups is 1. The molecule has 1 heterocycles. The Kier molecular flexibility index (Phi) is 4.40. The molecule has 0 amide bonds. The van der Waals surface area contributed by atoms with Crippen LogP contribution in [0, 0.1) is 0 Å². The first-order valence-corrected chi connectivity index (χ1v) is 6.54. The minimum absolute atomic E-state index is 0.175. The van der Waals surface area contributed by atoms with E-state index in [1.54, 1.807) is 0 Å². The highest BCUT2D eigenvalue weighted by atomic mass is 16.3. The van der Waals surface area contributed by atoms with E-state index in [1.165, 1.54) is 11.3 Å². The monoisotopic (exact) mass is 234 g/mol. The van der Waals surface area contributed by atoms with Crippen molar-refractivity contribution in [2.45, 2.75) is 38.3 Å². The van der Waals surface area contributed by atoms with Gasteiger partial charge in [-0.1, -0.05) is 25.1 Å². The van der Waals surface area contributed by atoms with Crippen LogP contribution >= 0.6 is 0 Å². The summed E-state index contributed by atoms with van der Waals surface area (Å²) in [6.45, 7) is 3.78. The second-order valence-corrected chi connectivity index (χ2v) is 4.72. The molecule has 0 fully saturated rings. The zero-order valence-electron chi connectivity index (χ0n) is 10.4. The Morgan fingerprint density at radius 1 is 1.47 bits per heavy atom. The number of benzene rings is 1. The highest BCUT2D eigenvalue weighted by molar-refractivity contribution is 5.53. The van der Waals surface area contributed by atoms with Crippen LogP contribution in [0.25, 0.3) is 0 Å². The van der Waals surface area contributed by atoms with Crippen molar-refractivity contribution >= 4 is 5.69 Å². The van der Waals surface area contributed by atoms with Crippen LogP contribution < -0.4 is 10.6 Å². The first-order chi connectivity index (χ1) is 8.31. The number of rotatable bonds is 5. The van der Waals surface area contributed by atoms with Crippen LogP contribution in [0.5, 0.6) is 0 Å². The highest BCUT2D eigenvalue weighted by Gasteiger charge is 2.23. The zero-order chi connectivity index (χ0) is 12.1. The Bertz CT molecular complexity index is 354. The molecule has 3 N–H and O–H groups in total. The number of fused-ring (bicyclic) bond motifs is 1. The molecule has 1 aliphatic rings. The molecule has 0 saturated heterocycles. The van der Waals surface area contributed by atoms with Gasteiger partial charge >= 0.3 is 0 Å². The molecule has 1 aliphatic heterocycles. The van der Waals surface area contributed by atoms with Crippen molar-refractivity contribution < 1.29 is 5.11 Å². The summed E-state index contributed by atoms with van der Waals surface area (Å²) in [6.07, 6.45) is 2.85. The van der Waals surface area contributed by atoms with Gasteiger partial charge in [-0.2, -0.15) is 0 Å². The molecule has 0 radical (unpaired) electrons. The van der Waals surface area contributed by atoms with Gasteiger partial charge in [0.25, 0.3) is 0 Å². The summed E-state index contributed by atoms with van der Waals surface area (Å²) < 4.78 is 0. The van der Waals surface area contributed by atoms with Crippen molar-refractivity contribution in [3.05, 3.63) is 29.8 Å². The molecule has 1 aromatic rings. The maximum atomic E-state index is 10.1. The van der Waals surface area contributed by atoms with Gasteiger partial charge in [0, 0.05) is 12.2 Å². The Labute approximate surface area is 103 Å². The Morgan fingerprint density at radius 2 is 2.29 bits per heavy atom. The molecular weight excluding hydrogens is 212 g/mol. The smallest absolute Gasteiger partial charge is 0.0865 e.